The summed E-state index contributed by atoms with van der Waals surface area (Å²) in [7, 11) is 0. The van der Waals surface area contributed by atoms with E-state index in [0.717, 1.165) is 6.42 Å². The van der Waals surface area contributed by atoms with Crippen molar-refractivity contribution in [1.82, 2.24) is 5.32 Å². The summed E-state index contributed by atoms with van der Waals surface area (Å²) in [4.78, 5) is 0. The number of hydrogen-bond donors (Lipinski definition) is 3. The second-order valence-electron chi connectivity index (χ2n) is 6.18. The normalized spacial score (nSPS) is 30.8. The lowest BCUT2D eigenvalue weighted by atomic mass is 9.91. The number of aliphatic hydroxyl groups excluding tert-OH is 2. The van der Waals surface area contributed by atoms with Gasteiger partial charge in [-0.05, 0) is 31.1 Å². The third-order valence-electron chi connectivity index (χ3n) is 3.57. The van der Waals surface area contributed by atoms with Crippen LogP contribution in [0, 0.1) is 11.3 Å². The minimum atomic E-state index is -0.542. The van der Waals surface area contributed by atoms with Crippen molar-refractivity contribution in [3.63, 3.8) is 0 Å². The van der Waals surface area contributed by atoms with Gasteiger partial charge in [0.2, 0.25) is 0 Å². The summed E-state index contributed by atoms with van der Waals surface area (Å²) < 4.78 is 0. The fraction of sp³-hybridized carbons (Fsp3) is 1.00. The van der Waals surface area contributed by atoms with Gasteiger partial charge in [0.25, 0.3) is 0 Å². The van der Waals surface area contributed by atoms with E-state index in [1.54, 1.807) is 0 Å². The highest BCUT2D eigenvalue weighted by Crippen LogP contribution is 2.41. The van der Waals surface area contributed by atoms with Crippen molar-refractivity contribution in [3.05, 3.63) is 0 Å². The second-order valence-corrected chi connectivity index (χ2v) is 6.18. The number of hydrogen-bond acceptors (Lipinski definition) is 3. The van der Waals surface area contributed by atoms with E-state index in [2.05, 4.69) is 26.1 Å². The highest BCUT2D eigenvalue weighted by molar-refractivity contribution is 4.95. The topological polar surface area (TPSA) is 52.5 Å². The van der Waals surface area contributed by atoms with Gasteiger partial charge in [-0.3, -0.25) is 0 Å². The fourth-order valence-corrected chi connectivity index (χ4v) is 2.68. The van der Waals surface area contributed by atoms with Crippen LogP contribution in [0.5, 0.6) is 0 Å². The molecule has 1 rings (SSSR count). The standard InChI is InChI=1S/C12H25NO2/c1-9-5-11(2,3)6-10(9)13-12(4,7-14)8-15/h9-10,13-15H,5-8H2,1-4H3. The van der Waals surface area contributed by atoms with Gasteiger partial charge in [-0.25, -0.2) is 0 Å². The molecular formula is C12H25NO2. The third kappa shape index (κ3) is 3.16. The Labute approximate surface area is 92.9 Å². The molecule has 1 aliphatic carbocycles. The maximum absolute atomic E-state index is 9.24. The molecule has 0 bridgehead atoms. The monoisotopic (exact) mass is 215 g/mol. The van der Waals surface area contributed by atoms with Crippen molar-refractivity contribution in [2.75, 3.05) is 13.2 Å². The molecule has 2 unspecified atom stereocenters. The van der Waals surface area contributed by atoms with Gasteiger partial charge in [0.1, 0.15) is 0 Å². The molecule has 0 saturated heterocycles. The average Bonchev–Trinajstić information content (AvgIpc) is 2.39. The molecule has 90 valence electrons. The summed E-state index contributed by atoms with van der Waals surface area (Å²) in [5.74, 6) is 0.609. The summed E-state index contributed by atoms with van der Waals surface area (Å²) >= 11 is 0. The van der Waals surface area contributed by atoms with Crippen LogP contribution in [0.2, 0.25) is 0 Å². The molecular weight excluding hydrogens is 190 g/mol. The molecule has 3 N–H and O–H groups in total. The van der Waals surface area contributed by atoms with Crippen LogP contribution in [0.1, 0.15) is 40.5 Å². The zero-order chi connectivity index (χ0) is 11.7. The van der Waals surface area contributed by atoms with Crippen LogP contribution in [-0.2, 0) is 0 Å². The van der Waals surface area contributed by atoms with Crippen LogP contribution < -0.4 is 5.32 Å². The first-order valence-corrected chi connectivity index (χ1v) is 5.81. The van der Waals surface area contributed by atoms with Crippen molar-refractivity contribution < 1.29 is 10.2 Å². The van der Waals surface area contributed by atoms with Gasteiger partial charge < -0.3 is 15.5 Å². The van der Waals surface area contributed by atoms with E-state index in [9.17, 15) is 10.2 Å². The Hall–Kier alpha value is -0.120. The molecule has 0 spiro atoms. The highest BCUT2D eigenvalue weighted by atomic mass is 16.3. The Morgan fingerprint density at radius 1 is 1.27 bits per heavy atom. The molecule has 1 aliphatic rings. The fourth-order valence-electron chi connectivity index (χ4n) is 2.68. The molecule has 2 atom stereocenters. The first-order chi connectivity index (χ1) is 6.82. The SMILES string of the molecule is CC1CC(C)(C)CC1NC(C)(CO)CO. The smallest absolute Gasteiger partial charge is 0.0633 e. The van der Waals surface area contributed by atoms with Crippen LogP contribution in [0.3, 0.4) is 0 Å². The summed E-state index contributed by atoms with van der Waals surface area (Å²) in [6.45, 7) is 8.62. The molecule has 3 nitrogen and oxygen atoms in total. The number of rotatable bonds is 4. The molecule has 0 aromatic carbocycles. The molecule has 0 amide bonds. The van der Waals surface area contributed by atoms with Gasteiger partial charge in [0, 0.05) is 6.04 Å². The Bertz CT molecular complexity index is 212. The van der Waals surface area contributed by atoms with E-state index in [1.165, 1.54) is 6.42 Å². The molecule has 0 aromatic rings. The van der Waals surface area contributed by atoms with Gasteiger partial charge in [-0.15, -0.1) is 0 Å². The van der Waals surface area contributed by atoms with E-state index in [4.69, 9.17) is 0 Å². The van der Waals surface area contributed by atoms with Crippen LogP contribution >= 0.6 is 0 Å². The van der Waals surface area contributed by atoms with Crippen LogP contribution in [0.25, 0.3) is 0 Å². The summed E-state index contributed by atoms with van der Waals surface area (Å²) in [6.07, 6.45) is 2.32. The van der Waals surface area contributed by atoms with Crippen molar-refractivity contribution in [1.29, 1.82) is 0 Å². The van der Waals surface area contributed by atoms with E-state index in [-0.39, 0.29) is 13.2 Å². The highest BCUT2D eigenvalue weighted by Gasteiger charge is 2.39. The lowest BCUT2D eigenvalue weighted by Crippen LogP contribution is -2.54. The Kier molecular flexibility index (Phi) is 3.80. The lowest BCUT2D eigenvalue weighted by molar-refractivity contribution is 0.0889. The molecule has 3 heteroatoms. The zero-order valence-electron chi connectivity index (χ0n) is 10.4. The maximum atomic E-state index is 9.24. The molecule has 0 aromatic heterocycles. The van der Waals surface area contributed by atoms with Crippen LogP contribution in [0.15, 0.2) is 0 Å². The Morgan fingerprint density at radius 3 is 2.13 bits per heavy atom. The first-order valence-electron chi connectivity index (χ1n) is 5.81. The molecule has 15 heavy (non-hydrogen) atoms. The number of aliphatic hydroxyl groups is 2. The number of nitrogens with one attached hydrogen (secondary N) is 1. The van der Waals surface area contributed by atoms with Gasteiger partial charge in [-0.1, -0.05) is 20.8 Å². The van der Waals surface area contributed by atoms with E-state index in [0.29, 0.717) is 17.4 Å². The average molecular weight is 215 g/mol. The van der Waals surface area contributed by atoms with E-state index < -0.39 is 5.54 Å². The van der Waals surface area contributed by atoms with Gasteiger partial charge in [0.05, 0.1) is 18.8 Å². The largest absolute Gasteiger partial charge is 0.394 e. The van der Waals surface area contributed by atoms with Crippen molar-refractivity contribution >= 4 is 0 Å². The predicted octanol–water partition coefficient (Wildman–Crippen LogP) is 1.14. The van der Waals surface area contributed by atoms with E-state index in [1.807, 2.05) is 6.92 Å². The van der Waals surface area contributed by atoms with Gasteiger partial charge in [-0.2, -0.15) is 0 Å². The van der Waals surface area contributed by atoms with Crippen LogP contribution in [0.4, 0.5) is 0 Å². The lowest BCUT2D eigenvalue weighted by Gasteiger charge is -2.32. The second kappa shape index (κ2) is 4.40. The molecule has 0 radical (unpaired) electrons. The molecule has 0 heterocycles. The van der Waals surface area contributed by atoms with Gasteiger partial charge >= 0.3 is 0 Å². The zero-order valence-corrected chi connectivity index (χ0v) is 10.4. The maximum Gasteiger partial charge on any atom is 0.0633 e. The molecule has 0 aliphatic heterocycles. The Morgan fingerprint density at radius 2 is 1.80 bits per heavy atom. The van der Waals surface area contributed by atoms with Crippen LogP contribution in [-0.4, -0.2) is 35.0 Å². The first kappa shape index (κ1) is 12.9. The molecule has 1 fully saturated rings. The van der Waals surface area contributed by atoms with Crippen molar-refractivity contribution in [3.8, 4) is 0 Å². The molecule has 1 saturated carbocycles. The third-order valence-corrected chi connectivity index (χ3v) is 3.57. The predicted molar refractivity (Wildman–Crippen MR) is 61.7 cm³/mol. The summed E-state index contributed by atoms with van der Waals surface area (Å²) in [5.41, 5.74) is -0.164. The van der Waals surface area contributed by atoms with Crippen molar-refractivity contribution in [2.45, 2.75) is 52.1 Å². The summed E-state index contributed by atoms with van der Waals surface area (Å²) in [6, 6.07) is 0.407. The van der Waals surface area contributed by atoms with E-state index >= 15 is 0 Å². The summed E-state index contributed by atoms with van der Waals surface area (Å²) in [5, 5.41) is 21.9. The minimum Gasteiger partial charge on any atom is -0.394 e. The Balaban J connectivity index is 2.59. The van der Waals surface area contributed by atoms with Crippen molar-refractivity contribution in [2.24, 2.45) is 11.3 Å². The minimum absolute atomic E-state index is 0.0207. The van der Waals surface area contributed by atoms with Gasteiger partial charge in [0.15, 0.2) is 0 Å². The quantitative estimate of drug-likeness (QED) is 0.659.